The maximum atomic E-state index is 3.69. The Morgan fingerprint density at radius 1 is 1.18 bits per heavy atom. The summed E-state index contributed by atoms with van der Waals surface area (Å²) in [5.41, 5.74) is 2.62. The lowest BCUT2D eigenvalue weighted by Gasteiger charge is -2.02. The van der Waals surface area contributed by atoms with E-state index >= 15 is 0 Å². The van der Waals surface area contributed by atoms with E-state index in [1.165, 1.54) is 11.1 Å². The summed E-state index contributed by atoms with van der Waals surface area (Å²) in [5.74, 6) is 0.642. The van der Waals surface area contributed by atoms with Gasteiger partial charge < -0.3 is 0 Å². The molecule has 0 saturated carbocycles. The molecule has 0 heterocycles. The largest absolute Gasteiger partial charge is 0.0988 e. The quantitative estimate of drug-likeness (QED) is 0.538. The first-order chi connectivity index (χ1) is 5.07. The van der Waals surface area contributed by atoms with Crippen LogP contribution in [0, 0.1) is 5.92 Å². The van der Waals surface area contributed by atoms with E-state index in [9.17, 15) is 0 Å². The van der Waals surface area contributed by atoms with Crippen LogP contribution < -0.4 is 0 Å². The van der Waals surface area contributed by atoms with E-state index in [2.05, 4.69) is 46.4 Å². The minimum atomic E-state index is 0.642. The molecule has 0 saturated heterocycles. The smallest absolute Gasteiger partial charge is 0.0260 e. The first-order valence-electron chi connectivity index (χ1n) is 4.05. The molecule has 0 aliphatic carbocycles. The lowest BCUT2D eigenvalue weighted by atomic mass is 10.0. The number of rotatable bonds is 3. The molecule has 0 aromatic rings. The van der Waals surface area contributed by atoms with Gasteiger partial charge in [0.15, 0.2) is 0 Å². The van der Waals surface area contributed by atoms with Gasteiger partial charge >= 0.3 is 0 Å². The number of hydrogen-bond donors (Lipinski definition) is 0. The fourth-order valence-corrected chi connectivity index (χ4v) is 0.523. The van der Waals surface area contributed by atoms with Gasteiger partial charge in [-0.25, -0.2) is 0 Å². The molecular formula is C11H18. The van der Waals surface area contributed by atoms with E-state index in [0.29, 0.717) is 5.92 Å². The average molecular weight is 150 g/mol. The highest BCUT2D eigenvalue weighted by Crippen LogP contribution is 2.08. The van der Waals surface area contributed by atoms with Crippen molar-refractivity contribution >= 4 is 0 Å². The molecule has 0 heteroatoms. The van der Waals surface area contributed by atoms with Crippen LogP contribution in [-0.2, 0) is 0 Å². The van der Waals surface area contributed by atoms with Crippen molar-refractivity contribution in [3.63, 3.8) is 0 Å². The molecule has 0 nitrogen and oxygen atoms in total. The van der Waals surface area contributed by atoms with Crippen molar-refractivity contribution in [3.05, 3.63) is 36.0 Å². The fourth-order valence-electron chi connectivity index (χ4n) is 0.523. The lowest BCUT2D eigenvalue weighted by molar-refractivity contribution is 0.769. The fraction of sp³-hybridized carbons (Fsp3) is 0.455. The van der Waals surface area contributed by atoms with Gasteiger partial charge in [0.2, 0.25) is 0 Å². The summed E-state index contributed by atoms with van der Waals surface area (Å²) in [7, 11) is 0. The van der Waals surface area contributed by atoms with Crippen molar-refractivity contribution < 1.29 is 0 Å². The summed E-state index contributed by atoms with van der Waals surface area (Å²) in [6, 6.07) is 0. The molecule has 0 radical (unpaired) electrons. The molecule has 0 N–H and O–H groups in total. The highest BCUT2D eigenvalue weighted by molar-refractivity contribution is 5.22. The van der Waals surface area contributed by atoms with Crippen molar-refractivity contribution in [2.75, 3.05) is 0 Å². The van der Waals surface area contributed by atoms with Gasteiger partial charge in [-0.15, -0.1) is 0 Å². The summed E-state index contributed by atoms with van der Waals surface area (Å²) in [6.45, 7) is 12.3. The summed E-state index contributed by atoms with van der Waals surface area (Å²) in [4.78, 5) is 0. The van der Waals surface area contributed by atoms with Crippen LogP contribution in [0.15, 0.2) is 36.0 Å². The Labute approximate surface area is 70.3 Å². The minimum absolute atomic E-state index is 0.642. The van der Waals surface area contributed by atoms with Crippen molar-refractivity contribution in [1.29, 1.82) is 0 Å². The van der Waals surface area contributed by atoms with Crippen LogP contribution in [-0.4, -0.2) is 0 Å². The van der Waals surface area contributed by atoms with Crippen molar-refractivity contribution in [2.24, 2.45) is 5.92 Å². The van der Waals surface area contributed by atoms with Gasteiger partial charge in [0.25, 0.3) is 0 Å². The maximum absolute atomic E-state index is 3.69. The Balaban J connectivity index is 4.22. The molecule has 11 heavy (non-hydrogen) atoms. The zero-order valence-electron chi connectivity index (χ0n) is 8.02. The molecule has 0 aromatic heterocycles. The molecule has 0 aliphatic rings. The van der Waals surface area contributed by atoms with Gasteiger partial charge in [-0.2, -0.15) is 0 Å². The first kappa shape index (κ1) is 10.2. The summed E-state index contributed by atoms with van der Waals surface area (Å²) in [5, 5.41) is 0. The van der Waals surface area contributed by atoms with E-state index < -0.39 is 0 Å². The molecule has 0 aliphatic heterocycles. The normalized spacial score (nSPS) is 13.9. The Bertz CT molecular complexity index is 180. The van der Waals surface area contributed by atoms with Crippen LogP contribution in [0.25, 0.3) is 0 Å². The zero-order chi connectivity index (χ0) is 8.85. The Morgan fingerprint density at radius 3 is 2.09 bits per heavy atom. The zero-order valence-corrected chi connectivity index (χ0v) is 8.02. The molecule has 0 atom stereocenters. The summed E-state index contributed by atoms with van der Waals surface area (Å²) >= 11 is 0. The predicted molar refractivity (Wildman–Crippen MR) is 52.5 cm³/mol. The molecule has 62 valence electrons. The highest BCUT2D eigenvalue weighted by Gasteiger charge is 1.92. The van der Waals surface area contributed by atoms with E-state index in [-0.39, 0.29) is 0 Å². The van der Waals surface area contributed by atoms with Crippen LogP contribution in [0.1, 0.15) is 27.7 Å². The summed E-state index contributed by atoms with van der Waals surface area (Å²) in [6.07, 6.45) is 6.12. The SMILES string of the molecule is C=C/C(C)=C\C=C(/C)C(C)C. The molecule has 0 bridgehead atoms. The van der Waals surface area contributed by atoms with E-state index in [1.54, 1.807) is 0 Å². The van der Waals surface area contributed by atoms with Gasteiger partial charge in [-0.3, -0.25) is 0 Å². The van der Waals surface area contributed by atoms with Crippen LogP contribution in [0.4, 0.5) is 0 Å². The monoisotopic (exact) mass is 150 g/mol. The molecular weight excluding hydrogens is 132 g/mol. The Hall–Kier alpha value is -0.780. The van der Waals surface area contributed by atoms with E-state index in [1.807, 2.05) is 6.08 Å². The molecule has 0 unspecified atom stereocenters. The molecule has 0 fully saturated rings. The predicted octanol–water partition coefficient (Wildman–Crippen LogP) is 3.72. The topological polar surface area (TPSA) is 0 Å². The maximum Gasteiger partial charge on any atom is -0.0260 e. The lowest BCUT2D eigenvalue weighted by Crippen LogP contribution is -1.86. The Morgan fingerprint density at radius 2 is 1.73 bits per heavy atom. The second-order valence-corrected chi connectivity index (χ2v) is 3.18. The van der Waals surface area contributed by atoms with Gasteiger partial charge in [0.05, 0.1) is 0 Å². The molecule has 0 amide bonds. The van der Waals surface area contributed by atoms with Crippen LogP contribution in [0.5, 0.6) is 0 Å². The van der Waals surface area contributed by atoms with Crippen molar-refractivity contribution in [2.45, 2.75) is 27.7 Å². The summed E-state index contributed by atoms with van der Waals surface area (Å²) < 4.78 is 0. The first-order valence-corrected chi connectivity index (χ1v) is 4.05. The van der Waals surface area contributed by atoms with Gasteiger partial charge in [-0.05, 0) is 19.8 Å². The third-order valence-electron chi connectivity index (χ3n) is 1.84. The van der Waals surface area contributed by atoms with Crippen molar-refractivity contribution in [3.8, 4) is 0 Å². The van der Waals surface area contributed by atoms with Crippen LogP contribution in [0.2, 0.25) is 0 Å². The number of hydrogen-bond acceptors (Lipinski definition) is 0. The van der Waals surface area contributed by atoms with Gasteiger partial charge in [0, 0.05) is 0 Å². The Kier molecular flexibility index (Phi) is 4.60. The minimum Gasteiger partial charge on any atom is -0.0988 e. The molecule has 0 aromatic carbocycles. The highest BCUT2D eigenvalue weighted by atomic mass is 14.0. The molecule has 0 spiro atoms. The average Bonchev–Trinajstić information content (AvgIpc) is 1.99. The van der Waals surface area contributed by atoms with E-state index in [4.69, 9.17) is 0 Å². The van der Waals surface area contributed by atoms with Gasteiger partial charge in [0.1, 0.15) is 0 Å². The molecule has 0 rings (SSSR count). The second-order valence-electron chi connectivity index (χ2n) is 3.18. The third kappa shape index (κ3) is 4.60. The second kappa shape index (κ2) is 4.95. The van der Waals surface area contributed by atoms with Crippen molar-refractivity contribution in [1.82, 2.24) is 0 Å². The van der Waals surface area contributed by atoms with Crippen LogP contribution >= 0.6 is 0 Å². The standard InChI is InChI=1S/C11H18/c1-6-10(4)7-8-11(5)9(2)3/h6-9H,1H2,2-5H3/b10-7-,11-8+. The third-order valence-corrected chi connectivity index (χ3v) is 1.84. The van der Waals surface area contributed by atoms with Crippen LogP contribution in [0.3, 0.4) is 0 Å². The number of allylic oxidation sites excluding steroid dienone is 5. The van der Waals surface area contributed by atoms with Gasteiger partial charge in [-0.1, -0.05) is 49.8 Å². The van der Waals surface area contributed by atoms with E-state index in [0.717, 1.165) is 0 Å².